The van der Waals surface area contributed by atoms with Gasteiger partial charge in [0.1, 0.15) is 12.4 Å². The minimum atomic E-state index is -1.25. The van der Waals surface area contributed by atoms with Gasteiger partial charge in [-0.2, -0.15) is 5.10 Å². The fraction of sp³-hybridized carbons (Fsp3) is 0.214. The van der Waals surface area contributed by atoms with Gasteiger partial charge < -0.3 is 29.5 Å². The third-order valence-electron chi connectivity index (χ3n) is 5.36. The molecule has 0 aliphatic heterocycles. The van der Waals surface area contributed by atoms with Crippen molar-refractivity contribution in [2.45, 2.75) is 26.4 Å². The summed E-state index contributed by atoms with van der Waals surface area (Å²) in [6, 6.07) is 14.4. The maximum Gasteiger partial charge on any atom is 0.341 e. The molecule has 3 aromatic carbocycles. The topological polar surface area (TPSA) is 164 Å². The summed E-state index contributed by atoms with van der Waals surface area (Å²) in [6.45, 7) is 2.78. The van der Waals surface area contributed by atoms with Crippen LogP contribution in [-0.4, -0.2) is 52.6 Å². The molecule has 11 nitrogen and oxygen atoms in total. The number of hydrogen-bond acceptors (Lipinski definition) is 8. The summed E-state index contributed by atoms with van der Waals surface area (Å²) >= 11 is 5.83. The molecule has 0 unspecified atom stereocenters. The van der Waals surface area contributed by atoms with Gasteiger partial charge in [-0.15, -0.1) is 0 Å². The van der Waals surface area contributed by atoms with E-state index in [4.69, 9.17) is 36.0 Å². The SMILES string of the molecule is CC(C)c1ccc(COc2c(OCC(=O)O)cc(/C=N/NC(=O)c3ccc(O)c(Cl)c3)cc2OCC(=O)O)cc1. The molecule has 0 heterocycles. The van der Waals surface area contributed by atoms with Crippen molar-refractivity contribution in [1.29, 1.82) is 0 Å². The smallest absolute Gasteiger partial charge is 0.341 e. The molecule has 3 rings (SSSR count). The molecule has 0 saturated heterocycles. The summed E-state index contributed by atoms with van der Waals surface area (Å²) < 4.78 is 16.7. The summed E-state index contributed by atoms with van der Waals surface area (Å²) in [5, 5.41) is 31.6. The van der Waals surface area contributed by atoms with Crippen molar-refractivity contribution in [3.05, 3.63) is 81.9 Å². The van der Waals surface area contributed by atoms with Gasteiger partial charge in [-0.25, -0.2) is 15.0 Å². The first-order chi connectivity index (χ1) is 19.0. The van der Waals surface area contributed by atoms with Crippen LogP contribution in [0.1, 0.15) is 46.8 Å². The zero-order valence-electron chi connectivity index (χ0n) is 21.6. The van der Waals surface area contributed by atoms with Crippen LogP contribution in [0.3, 0.4) is 0 Å². The number of carboxylic acid groups (broad SMARTS) is 2. The number of phenols is 1. The number of rotatable bonds is 13. The molecule has 3 aromatic rings. The lowest BCUT2D eigenvalue weighted by atomic mass is 10.0. The lowest BCUT2D eigenvalue weighted by molar-refractivity contribution is -0.140. The number of carbonyl (C=O) groups excluding carboxylic acids is 1. The molecule has 210 valence electrons. The molecule has 0 bridgehead atoms. The lowest BCUT2D eigenvalue weighted by Crippen LogP contribution is -2.17. The maximum absolute atomic E-state index is 12.4. The van der Waals surface area contributed by atoms with Gasteiger partial charge in [0.05, 0.1) is 11.2 Å². The Morgan fingerprint density at radius 1 is 0.925 bits per heavy atom. The van der Waals surface area contributed by atoms with E-state index in [0.29, 0.717) is 5.92 Å². The van der Waals surface area contributed by atoms with E-state index in [9.17, 15) is 19.5 Å². The fourth-order valence-electron chi connectivity index (χ4n) is 3.34. The average molecular weight is 571 g/mol. The quantitative estimate of drug-likeness (QED) is 0.172. The Morgan fingerprint density at radius 3 is 2.05 bits per heavy atom. The molecule has 4 N–H and O–H groups in total. The van der Waals surface area contributed by atoms with Crippen LogP contribution in [0, 0.1) is 0 Å². The van der Waals surface area contributed by atoms with Gasteiger partial charge in [0.15, 0.2) is 24.7 Å². The van der Waals surface area contributed by atoms with Gasteiger partial charge in [-0.1, -0.05) is 49.7 Å². The maximum atomic E-state index is 12.4. The van der Waals surface area contributed by atoms with E-state index in [0.717, 1.165) is 11.1 Å². The Kier molecular flexibility index (Phi) is 10.3. The number of nitrogens with zero attached hydrogens (tertiary/aromatic N) is 1. The Morgan fingerprint density at radius 2 is 1.52 bits per heavy atom. The number of hydrazone groups is 1. The number of carboxylic acids is 2. The summed E-state index contributed by atoms with van der Waals surface area (Å²) in [6.07, 6.45) is 1.22. The first-order valence-corrected chi connectivity index (χ1v) is 12.3. The number of halogens is 1. The van der Waals surface area contributed by atoms with E-state index in [1.165, 1.54) is 36.5 Å². The Bertz CT molecular complexity index is 1370. The number of amides is 1. The summed E-state index contributed by atoms with van der Waals surface area (Å²) in [5.41, 5.74) is 4.66. The van der Waals surface area contributed by atoms with E-state index in [1.807, 2.05) is 24.3 Å². The summed E-state index contributed by atoms with van der Waals surface area (Å²) in [5.74, 6) is -3.03. The van der Waals surface area contributed by atoms with Gasteiger partial charge in [-0.05, 0) is 47.4 Å². The second-order valence-corrected chi connectivity index (χ2v) is 9.17. The number of ether oxygens (including phenoxy) is 3. The van der Waals surface area contributed by atoms with E-state index >= 15 is 0 Å². The van der Waals surface area contributed by atoms with Gasteiger partial charge >= 0.3 is 11.9 Å². The third kappa shape index (κ3) is 8.63. The molecular weight excluding hydrogens is 544 g/mol. The van der Waals surface area contributed by atoms with Crippen LogP contribution >= 0.6 is 11.6 Å². The molecule has 1 amide bonds. The Labute approximate surface area is 234 Å². The highest BCUT2D eigenvalue weighted by Gasteiger charge is 2.18. The number of hydrogen-bond donors (Lipinski definition) is 4. The van der Waals surface area contributed by atoms with Crippen LogP contribution in [0.15, 0.2) is 59.7 Å². The van der Waals surface area contributed by atoms with Crippen molar-refractivity contribution in [3.63, 3.8) is 0 Å². The van der Waals surface area contributed by atoms with E-state index in [1.54, 1.807) is 0 Å². The van der Waals surface area contributed by atoms with Crippen molar-refractivity contribution in [3.8, 4) is 23.0 Å². The highest BCUT2D eigenvalue weighted by molar-refractivity contribution is 6.32. The van der Waals surface area contributed by atoms with Crippen LogP contribution in [0.4, 0.5) is 0 Å². The molecule has 0 aliphatic rings. The molecule has 40 heavy (non-hydrogen) atoms. The number of carbonyl (C=O) groups is 3. The van der Waals surface area contributed by atoms with Gasteiger partial charge in [0.25, 0.3) is 5.91 Å². The van der Waals surface area contributed by atoms with Crippen molar-refractivity contribution < 1.29 is 43.9 Å². The van der Waals surface area contributed by atoms with Crippen molar-refractivity contribution in [2.24, 2.45) is 5.10 Å². The number of aromatic hydroxyl groups is 1. The van der Waals surface area contributed by atoms with E-state index in [2.05, 4.69) is 24.4 Å². The predicted molar refractivity (Wildman–Crippen MR) is 146 cm³/mol. The van der Waals surface area contributed by atoms with Gasteiger partial charge in [-0.3, -0.25) is 4.79 Å². The molecule has 0 aromatic heterocycles. The van der Waals surface area contributed by atoms with Gasteiger partial charge in [0.2, 0.25) is 5.75 Å². The number of phenolic OH excluding ortho intramolecular Hbond substituents is 1. The minimum absolute atomic E-state index is 0.00430. The van der Waals surface area contributed by atoms with E-state index < -0.39 is 31.1 Å². The van der Waals surface area contributed by atoms with Crippen LogP contribution in [0.5, 0.6) is 23.0 Å². The molecule has 0 saturated carbocycles. The fourth-order valence-corrected chi connectivity index (χ4v) is 3.52. The van der Waals surface area contributed by atoms with Gasteiger partial charge in [0, 0.05) is 11.1 Å². The zero-order valence-corrected chi connectivity index (χ0v) is 22.3. The van der Waals surface area contributed by atoms with Crippen LogP contribution in [0.25, 0.3) is 0 Å². The highest BCUT2D eigenvalue weighted by Crippen LogP contribution is 2.39. The molecule has 0 aliphatic carbocycles. The van der Waals surface area contributed by atoms with Crippen molar-refractivity contribution in [1.82, 2.24) is 5.43 Å². The van der Waals surface area contributed by atoms with Crippen molar-refractivity contribution in [2.75, 3.05) is 13.2 Å². The van der Waals surface area contributed by atoms with Crippen LogP contribution < -0.4 is 19.6 Å². The number of benzene rings is 3. The second-order valence-electron chi connectivity index (χ2n) is 8.76. The Hall–Kier alpha value is -4.77. The molecule has 0 fully saturated rings. The average Bonchev–Trinajstić information content (AvgIpc) is 2.91. The molecule has 0 radical (unpaired) electrons. The number of nitrogens with one attached hydrogen (secondary N) is 1. The normalized spacial score (nSPS) is 10.9. The minimum Gasteiger partial charge on any atom is -0.506 e. The lowest BCUT2D eigenvalue weighted by Gasteiger charge is -2.17. The number of aliphatic carboxylic acids is 2. The van der Waals surface area contributed by atoms with Crippen LogP contribution in [-0.2, 0) is 16.2 Å². The summed E-state index contributed by atoms with van der Waals surface area (Å²) in [7, 11) is 0. The molecular formula is C28H27ClN2O9. The third-order valence-corrected chi connectivity index (χ3v) is 5.67. The zero-order chi connectivity index (χ0) is 29.2. The summed E-state index contributed by atoms with van der Waals surface area (Å²) in [4.78, 5) is 34.7. The Balaban J connectivity index is 1.88. The van der Waals surface area contributed by atoms with Crippen molar-refractivity contribution >= 4 is 35.7 Å². The standard InChI is InChI=1S/C28H27ClN2O9/c1-16(2)19-5-3-17(4-6-19)13-40-27-23(38-14-25(33)34)9-18(10-24(27)39-15-26(35)36)12-30-31-28(37)20-7-8-22(32)21(29)11-20/h3-12,16,32H,13-15H2,1-2H3,(H,31,37)(H,33,34)(H,35,36)/b30-12+. The largest absolute Gasteiger partial charge is 0.506 e. The first kappa shape index (κ1) is 29.8. The molecule has 0 spiro atoms. The monoisotopic (exact) mass is 570 g/mol. The highest BCUT2D eigenvalue weighted by atomic mass is 35.5. The molecule has 0 atom stereocenters. The predicted octanol–water partition coefficient (Wildman–Crippen LogP) is 4.44. The molecule has 12 heteroatoms. The van der Waals surface area contributed by atoms with E-state index in [-0.39, 0.29) is 45.8 Å². The second kappa shape index (κ2) is 13.9. The first-order valence-electron chi connectivity index (χ1n) is 11.9. The van der Waals surface area contributed by atoms with Crippen LogP contribution in [0.2, 0.25) is 5.02 Å².